The van der Waals surface area contributed by atoms with Crippen molar-refractivity contribution in [3.05, 3.63) is 28.5 Å². The van der Waals surface area contributed by atoms with Crippen LogP contribution in [0.25, 0.3) is 0 Å². The van der Waals surface area contributed by atoms with Gasteiger partial charge in [-0.2, -0.15) is 0 Å². The Morgan fingerprint density at radius 2 is 2.29 bits per heavy atom. The van der Waals surface area contributed by atoms with Crippen LogP contribution >= 0.6 is 15.9 Å². The van der Waals surface area contributed by atoms with Crippen molar-refractivity contribution in [2.45, 2.75) is 6.42 Å². The van der Waals surface area contributed by atoms with Crippen LogP contribution in [0.3, 0.4) is 0 Å². The second-order valence-corrected chi connectivity index (χ2v) is 4.21. The first-order valence-corrected chi connectivity index (χ1v) is 5.91. The number of halogens is 2. The van der Waals surface area contributed by atoms with E-state index in [2.05, 4.69) is 26.6 Å². The standard InChI is InChI=1S/C11H14BrFN2O2/c1-17-6-2-5-14-11(16)15-10-4-3-8(13)7-9(10)12/h3-4,7H,2,5-6H2,1H3,(H2,14,15,16). The van der Waals surface area contributed by atoms with Crippen LogP contribution in [0, 0.1) is 5.82 Å². The quantitative estimate of drug-likeness (QED) is 0.822. The fourth-order valence-electron chi connectivity index (χ4n) is 1.18. The van der Waals surface area contributed by atoms with Gasteiger partial charge in [-0.15, -0.1) is 0 Å². The molecule has 2 amide bonds. The van der Waals surface area contributed by atoms with E-state index < -0.39 is 0 Å². The number of benzene rings is 1. The Kier molecular flexibility index (Phi) is 5.93. The summed E-state index contributed by atoms with van der Waals surface area (Å²) in [5.74, 6) is -0.358. The number of hydrogen-bond acceptors (Lipinski definition) is 2. The monoisotopic (exact) mass is 304 g/mol. The number of carbonyl (C=O) groups is 1. The van der Waals surface area contributed by atoms with Crippen LogP contribution in [0.2, 0.25) is 0 Å². The highest BCUT2D eigenvalue weighted by molar-refractivity contribution is 9.10. The van der Waals surface area contributed by atoms with Crippen LogP contribution in [-0.2, 0) is 4.74 Å². The van der Waals surface area contributed by atoms with Crippen LogP contribution in [0.5, 0.6) is 0 Å². The third-order valence-electron chi connectivity index (χ3n) is 1.99. The lowest BCUT2D eigenvalue weighted by Crippen LogP contribution is -2.30. The van der Waals surface area contributed by atoms with E-state index in [4.69, 9.17) is 4.74 Å². The lowest BCUT2D eigenvalue weighted by molar-refractivity contribution is 0.194. The van der Waals surface area contributed by atoms with Crippen molar-refractivity contribution in [1.29, 1.82) is 0 Å². The lowest BCUT2D eigenvalue weighted by atomic mass is 10.3. The molecule has 1 rings (SSSR count). The first kappa shape index (κ1) is 13.9. The Hall–Kier alpha value is -1.14. The molecule has 0 heterocycles. The molecule has 0 saturated carbocycles. The average Bonchev–Trinajstić information content (AvgIpc) is 2.28. The summed E-state index contributed by atoms with van der Waals surface area (Å²) in [5.41, 5.74) is 0.524. The van der Waals surface area contributed by atoms with E-state index in [9.17, 15) is 9.18 Å². The Bertz CT molecular complexity index is 388. The Labute approximate surface area is 108 Å². The second kappa shape index (κ2) is 7.24. The molecule has 0 bridgehead atoms. The zero-order valence-corrected chi connectivity index (χ0v) is 11.0. The fourth-order valence-corrected chi connectivity index (χ4v) is 1.63. The summed E-state index contributed by atoms with van der Waals surface area (Å²) < 4.78 is 18.2. The summed E-state index contributed by atoms with van der Waals surface area (Å²) in [6.45, 7) is 1.12. The molecule has 0 fully saturated rings. The van der Waals surface area contributed by atoms with E-state index in [-0.39, 0.29) is 11.8 Å². The summed E-state index contributed by atoms with van der Waals surface area (Å²) in [7, 11) is 1.61. The molecular formula is C11H14BrFN2O2. The van der Waals surface area contributed by atoms with Gasteiger partial charge in [-0.05, 0) is 40.5 Å². The van der Waals surface area contributed by atoms with E-state index in [1.807, 2.05) is 0 Å². The van der Waals surface area contributed by atoms with E-state index in [0.717, 1.165) is 6.42 Å². The molecule has 1 aromatic carbocycles. The van der Waals surface area contributed by atoms with Gasteiger partial charge in [0.1, 0.15) is 5.82 Å². The number of hydrogen-bond donors (Lipinski definition) is 2. The minimum atomic E-state index is -0.358. The van der Waals surface area contributed by atoms with Crippen molar-refractivity contribution in [1.82, 2.24) is 5.32 Å². The third kappa shape index (κ3) is 5.14. The summed E-state index contributed by atoms with van der Waals surface area (Å²) >= 11 is 3.17. The van der Waals surface area contributed by atoms with E-state index in [0.29, 0.717) is 23.3 Å². The second-order valence-electron chi connectivity index (χ2n) is 3.35. The Morgan fingerprint density at radius 1 is 1.53 bits per heavy atom. The number of anilines is 1. The molecule has 17 heavy (non-hydrogen) atoms. The molecule has 0 saturated heterocycles. The van der Waals surface area contributed by atoms with Gasteiger partial charge in [-0.1, -0.05) is 0 Å². The van der Waals surface area contributed by atoms with Crippen molar-refractivity contribution in [3.8, 4) is 0 Å². The van der Waals surface area contributed by atoms with Gasteiger partial charge in [0.15, 0.2) is 0 Å². The van der Waals surface area contributed by atoms with Gasteiger partial charge in [0.25, 0.3) is 0 Å². The fraction of sp³-hybridized carbons (Fsp3) is 0.364. The molecular weight excluding hydrogens is 291 g/mol. The normalized spacial score (nSPS) is 10.1. The van der Waals surface area contributed by atoms with Gasteiger partial charge in [-0.3, -0.25) is 0 Å². The maximum atomic E-state index is 12.8. The molecule has 0 aromatic heterocycles. The highest BCUT2D eigenvalue weighted by Gasteiger charge is 2.05. The van der Waals surface area contributed by atoms with Crippen molar-refractivity contribution < 1.29 is 13.9 Å². The van der Waals surface area contributed by atoms with Crippen LogP contribution < -0.4 is 10.6 Å². The Balaban J connectivity index is 2.40. The maximum absolute atomic E-state index is 12.8. The smallest absolute Gasteiger partial charge is 0.319 e. The highest BCUT2D eigenvalue weighted by atomic mass is 79.9. The molecule has 0 unspecified atom stereocenters. The van der Waals surface area contributed by atoms with Gasteiger partial charge in [-0.25, -0.2) is 9.18 Å². The Morgan fingerprint density at radius 3 is 2.94 bits per heavy atom. The van der Waals surface area contributed by atoms with Crippen molar-refractivity contribution >= 4 is 27.6 Å². The predicted molar refractivity (Wildman–Crippen MR) is 67.6 cm³/mol. The van der Waals surface area contributed by atoms with Crippen molar-refractivity contribution in [2.24, 2.45) is 0 Å². The molecule has 0 aliphatic heterocycles. The molecule has 0 spiro atoms. The topological polar surface area (TPSA) is 50.4 Å². The van der Waals surface area contributed by atoms with E-state index in [1.165, 1.54) is 18.2 Å². The zero-order valence-electron chi connectivity index (χ0n) is 9.43. The van der Waals surface area contributed by atoms with Gasteiger partial charge in [0.2, 0.25) is 0 Å². The summed E-state index contributed by atoms with van der Waals surface area (Å²) in [4.78, 5) is 11.4. The van der Waals surface area contributed by atoms with Gasteiger partial charge < -0.3 is 15.4 Å². The maximum Gasteiger partial charge on any atom is 0.319 e. The average molecular weight is 305 g/mol. The molecule has 0 radical (unpaired) electrons. The van der Waals surface area contributed by atoms with Gasteiger partial charge in [0.05, 0.1) is 5.69 Å². The van der Waals surface area contributed by atoms with Crippen LogP contribution in [0.4, 0.5) is 14.9 Å². The number of rotatable bonds is 5. The number of carbonyl (C=O) groups excluding carboxylic acids is 1. The van der Waals surface area contributed by atoms with Crippen LogP contribution in [0.15, 0.2) is 22.7 Å². The van der Waals surface area contributed by atoms with Crippen LogP contribution in [-0.4, -0.2) is 26.3 Å². The largest absolute Gasteiger partial charge is 0.385 e. The van der Waals surface area contributed by atoms with Crippen molar-refractivity contribution in [2.75, 3.05) is 25.6 Å². The molecule has 94 valence electrons. The molecule has 0 atom stereocenters. The lowest BCUT2D eigenvalue weighted by Gasteiger charge is -2.08. The summed E-state index contributed by atoms with van der Waals surface area (Å²) in [6, 6.07) is 3.74. The molecule has 6 heteroatoms. The number of ether oxygens (including phenoxy) is 1. The first-order valence-electron chi connectivity index (χ1n) is 5.12. The number of nitrogens with one attached hydrogen (secondary N) is 2. The summed E-state index contributed by atoms with van der Waals surface area (Å²) in [6.07, 6.45) is 0.745. The SMILES string of the molecule is COCCCNC(=O)Nc1ccc(F)cc1Br. The summed E-state index contributed by atoms with van der Waals surface area (Å²) in [5, 5.41) is 5.27. The molecule has 2 N–H and O–H groups in total. The molecule has 0 aliphatic carbocycles. The predicted octanol–water partition coefficient (Wildman–Crippen LogP) is 2.75. The number of amides is 2. The number of urea groups is 1. The minimum absolute atomic E-state index is 0.326. The molecule has 1 aromatic rings. The van der Waals surface area contributed by atoms with Gasteiger partial charge in [0, 0.05) is 24.7 Å². The van der Waals surface area contributed by atoms with E-state index >= 15 is 0 Å². The molecule has 4 nitrogen and oxygen atoms in total. The number of methoxy groups -OCH3 is 1. The van der Waals surface area contributed by atoms with E-state index in [1.54, 1.807) is 7.11 Å². The zero-order chi connectivity index (χ0) is 12.7. The first-order chi connectivity index (χ1) is 8.13. The van der Waals surface area contributed by atoms with Crippen molar-refractivity contribution in [3.63, 3.8) is 0 Å². The van der Waals surface area contributed by atoms with Gasteiger partial charge >= 0.3 is 6.03 Å². The highest BCUT2D eigenvalue weighted by Crippen LogP contribution is 2.22. The third-order valence-corrected chi connectivity index (χ3v) is 2.65. The minimum Gasteiger partial charge on any atom is -0.385 e. The molecule has 0 aliphatic rings. The van der Waals surface area contributed by atoms with Crippen LogP contribution in [0.1, 0.15) is 6.42 Å².